The Labute approximate surface area is 132 Å². The number of alkyl halides is 1. The molecule has 1 aliphatic heterocycles. The summed E-state index contributed by atoms with van der Waals surface area (Å²) in [7, 11) is 0. The number of rotatable bonds is 3. The number of esters is 1. The molecular weight excluding hydrogens is 286 g/mol. The van der Waals surface area contributed by atoms with Gasteiger partial charge in [0.15, 0.2) is 0 Å². The Bertz CT molecular complexity index is 492. The van der Waals surface area contributed by atoms with Crippen LogP contribution in [0.25, 0.3) is 0 Å². The number of ether oxygens (including phenoxy) is 1. The maximum atomic E-state index is 12.3. The lowest BCUT2D eigenvalue weighted by molar-refractivity contribution is -0.00637. The Balaban J connectivity index is 2.04. The van der Waals surface area contributed by atoms with Gasteiger partial charge in [0, 0.05) is 29.8 Å². The first-order valence-corrected chi connectivity index (χ1v) is 7.89. The van der Waals surface area contributed by atoms with Crippen molar-refractivity contribution in [2.75, 3.05) is 0 Å². The minimum Gasteiger partial charge on any atom is -0.459 e. The predicted octanol–water partition coefficient (Wildman–Crippen LogP) is 3.89. The highest BCUT2D eigenvalue weighted by Crippen LogP contribution is 2.30. The minimum absolute atomic E-state index is 0.0326. The van der Waals surface area contributed by atoms with Gasteiger partial charge >= 0.3 is 5.97 Å². The lowest BCUT2D eigenvalue weighted by atomic mass is 9.81. The smallest absolute Gasteiger partial charge is 0.338 e. The van der Waals surface area contributed by atoms with E-state index in [-0.39, 0.29) is 23.2 Å². The quantitative estimate of drug-likeness (QED) is 0.680. The van der Waals surface area contributed by atoms with E-state index < -0.39 is 0 Å². The van der Waals surface area contributed by atoms with Crippen LogP contribution in [0.5, 0.6) is 0 Å². The number of carbonyl (C=O) groups excluding carboxylic acids is 1. The van der Waals surface area contributed by atoms with E-state index in [1.165, 1.54) is 0 Å². The van der Waals surface area contributed by atoms with Gasteiger partial charge in [0.25, 0.3) is 0 Å². The molecule has 0 amide bonds. The summed E-state index contributed by atoms with van der Waals surface area (Å²) in [5.74, 6) is 0.195. The van der Waals surface area contributed by atoms with Crippen LogP contribution >= 0.6 is 11.6 Å². The van der Waals surface area contributed by atoms with Crippen molar-refractivity contribution >= 4 is 17.6 Å². The third kappa shape index (κ3) is 4.45. The molecule has 0 atom stereocenters. The van der Waals surface area contributed by atoms with E-state index in [0.29, 0.717) is 11.4 Å². The molecule has 2 rings (SSSR count). The highest BCUT2D eigenvalue weighted by molar-refractivity contribution is 6.17. The zero-order chi connectivity index (χ0) is 15.7. The summed E-state index contributed by atoms with van der Waals surface area (Å²) < 4.78 is 5.71. The van der Waals surface area contributed by atoms with Crippen molar-refractivity contribution in [1.29, 1.82) is 0 Å². The molecule has 116 valence electrons. The topological polar surface area (TPSA) is 38.3 Å². The lowest BCUT2D eigenvalue weighted by Gasteiger charge is -2.45. The molecule has 0 aliphatic carbocycles. The minimum atomic E-state index is -0.255. The molecule has 1 fully saturated rings. The third-order valence-electron chi connectivity index (χ3n) is 3.77. The average Bonchev–Trinajstić information content (AvgIpc) is 2.35. The van der Waals surface area contributed by atoms with Crippen LogP contribution < -0.4 is 5.32 Å². The Morgan fingerprint density at radius 3 is 2.19 bits per heavy atom. The fourth-order valence-electron chi connectivity index (χ4n) is 3.26. The van der Waals surface area contributed by atoms with Crippen molar-refractivity contribution < 1.29 is 9.53 Å². The molecule has 1 aromatic rings. The van der Waals surface area contributed by atoms with Crippen LogP contribution in [0.1, 0.15) is 56.5 Å². The first-order chi connectivity index (χ1) is 9.71. The monoisotopic (exact) mass is 309 g/mol. The molecule has 0 radical (unpaired) electrons. The van der Waals surface area contributed by atoms with E-state index in [1.807, 2.05) is 12.1 Å². The van der Waals surface area contributed by atoms with Gasteiger partial charge < -0.3 is 10.1 Å². The zero-order valence-corrected chi connectivity index (χ0v) is 14.0. The molecule has 0 spiro atoms. The summed E-state index contributed by atoms with van der Waals surface area (Å²) in [5.41, 5.74) is 1.51. The van der Waals surface area contributed by atoms with Crippen molar-refractivity contribution in [3.05, 3.63) is 35.4 Å². The van der Waals surface area contributed by atoms with Crippen LogP contribution in [-0.2, 0) is 10.6 Å². The normalized spacial score (nSPS) is 21.0. The third-order valence-corrected chi connectivity index (χ3v) is 4.08. The molecule has 1 aromatic carbocycles. The van der Waals surface area contributed by atoms with Crippen LogP contribution in [-0.4, -0.2) is 23.2 Å². The Kier molecular flexibility index (Phi) is 4.64. The van der Waals surface area contributed by atoms with E-state index in [4.69, 9.17) is 16.3 Å². The lowest BCUT2D eigenvalue weighted by Crippen LogP contribution is -2.59. The van der Waals surface area contributed by atoms with Gasteiger partial charge in [-0.25, -0.2) is 4.79 Å². The van der Waals surface area contributed by atoms with Gasteiger partial charge in [-0.3, -0.25) is 0 Å². The molecule has 0 saturated carbocycles. The van der Waals surface area contributed by atoms with E-state index in [1.54, 1.807) is 12.1 Å². The van der Waals surface area contributed by atoms with Crippen molar-refractivity contribution in [3.8, 4) is 0 Å². The van der Waals surface area contributed by atoms with Crippen LogP contribution in [0.4, 0.5) is 0 Å². The second-order valence-electron chi connectivity index (χ2n) is 7.16. The number of hydrogen-bond donors (Lipinski definition) is 1. The molecule has 0 unspecified atom stereocenters. The maximum absolute atomic E-state index is 12.3. The Hall–Kier alpha value is -1.06. The summed E-state index contributed by atoms with van der Waals surface area (Å²) in [6.45, 7) is 8.57. The fraction of sp³-hybridized carbons (Fsp3) is 0.588. The van der Waals surface area contributed by atoms with Crippen LogP contribution in [0.15, 0.2) is 24.3 Å². The molecule has 1 saturated heterocycles. The summed E-state index contributed by atoms with van der Waals surface area (Å²) >= 11 is 5.75. The van der Waals surface area contributed by atoms with Crippen LogP contribution in [0.3, 0.4) is 0 Å². The number of carbonyl (C=O) groups is 1. The Morgan fingerprint density at radius 2 is 1.71 bits per heavy atom. The highest BCUT2D eigenvalue weighted by atomic mass is 35.5. The molecule has 3 nitrogen and oxygen atoms in total. The van der Waals surface area contributed by atoms with Gasteiger partial charge in [0.05, 0.1) is 5.56 Å². The van der Waals surface area contributed by atoms with Gasteiger partial charge in [0.1, 0.15) is 6.10 Å². The summed E-state index contributed by atoms with van der Waals surface area (Å²) in [5, 5.41) is 3.58. The number of halogens is 1. The van der Waals surface area contributed by atoms with Crippen molar-refractivity contribution in [2.24, 2.45) is 0 Å². The Morgan fingerprint density at radius 1 is 1.19 bits per heavy atom. The van der Waals surface area contributed by atoms with E-state index >= 15 is 0 Å². The van der Waals surface area contributed by atoms with Gasteiger partial charge in [-0.15, -0.1) is 11.6 Å². The molecule has 4 heteroatoms. The number of nitrogens with one attached hydrogen (secondary N) is 1. The van der Waals surface area contributed by atoms with Crippen molar-refractivity contribution in [2.45, 2.75) is 63.6 Å². The number of benzene rings is 1. The first-order valence-electron chi connectivity index (χ1n) is 7.36. The van der Waals surface area contributed by atoms with E-state index in [0.717, 1.165) is 18.4 Å². The molecule has 0 bridgehead atoms. The number of hydrogen-bond acceptors (Lipinski definition) is 3. The summed E-state index contributed by atoms with van der Waals surface area (Å²) in [6.07, 6.45) is 1.58. The largest absolute Gasteiger partial charge is 0.459 e. The molecular formula is C17H24ClNO2. The van der Waals surface area contributed by atoms with Crippen LogP contribution in [0.2, 0.25) is 0 Å². The maximum Gasteiger partial charge on any atom is 0.338 e. The van der Waals surface area contributed by atoms with Crippen molar-refractivity contribution in [3.63, 3.8) is 0 Å². The fourth-order valence-corrected chi connectivity index (χ4v) is 3.44. The average molecular weight is 310 g/mol. The summed E-state index contributed by atoms with van der Waals surface area (Å²) in [4.78, 5) is 12.3. The summed E-state index contributed by atoms with van der Waals surface area (Å²) in [6, 6.07) is 7.27. The van der Waals surface area contributed by atoms with Gasteiger partial charge in [0.2, 0.25) is 0 Å². The van der Waals surface area contributed by atoms with E-state index in [2.05, 4.69) is 33.0 Å². The van der Waals surface area contributed by atoms with E-state index in [9.17, 15) is 4.79 Å². The second kappa shape index (κ2) is 5.98. The van der Waals surface area contributed by atoms with Gasteiger partial charge in [-0.05, 0) is 45.4 Å². The molecule has 21 heavy (non-hydrogen) atoms. The highest BCUT2D eigenvalue weighted by Gasteiger charge is 2.39. The second-order valence-corrected chi connectivity index (χ2v) is 7.43. The molecule has 1 N–H and O–H groups in total. The molecule has 1 heterocycles. The molecule has 0 aromatic heterocycles. The number of piperidine rings is 1. The van der Waals surface area contributed by atoms with Crippen molar-refractivity contribution in [1.82, 2.24) is 5.32 Å². The molecule has 1 aliphatic rings. The SMILES string of the molecule is CC1(C)CC(OC(=O)c2ccc(CCl)cc2)CC(C)(C)N1. The van der Waals surface area contributed by atoms with Gasteiger partial charge in [-0.1, -0.05) is 12.1 Å². The van der Waals surface area contributed by atoms with Crippen LogP contribution in [0, 0.1) is 0 Å². The predicted molar refractivity (Wildman–Crippen MR) is 85.7 cm³/mol. The zero-order valence-electron chi connectivity index (χ0n) is 13.2. The standard InChI is InChI=1S/C17H24ClNO2/c1-16(2)9-14(10-17(3,4)19-16)21-15(20)13-7-5-12(11-18)6-8-13/h5-8,14,19H,9-11H2,1-4H3. The van der Waals surface area contributed by atoms with Gasteiger partial charge in [-0.2, -0.15) is 0 Å². The first kappa shape index (κ1) is 16.3.